The molecule has 0 aliphatic rings. The molecule has 1 aromatic rings. The van der Waals surface area contributed by atoms with Crippen LogP contribution in [0.4, 0.5) is 0 Å². The second-order valence-corrected chi connectivity index (χ2v) is 4.06. The summed E-state index contributed by atoms with van der Waals surface area (Å²) in [6, 6.07) is 2.15. The molecule has 0 saturated carbocycles. The Morgan fingerprint density at radius 1 is 1.47 bits per heavy atom. The van der Waals surface area contributed by atoms with Crippen LogP contribution >= 0.6 is 0 Å². The Morgan fingerprint density at radius 3 is 2.80 bits per heavy atom. The number of aryl methyl sites for hydroxylation is 1. The van der Waals surface area contributed by atoms with Gasteiger partial charge in [-0.15, -0.1) is 0 Å². The summed E-state index contributed by atoms with van der Waals surface area (Å²) in [5.41, 5.74) is 1.26. The van der Waals surface area contributed by atoms with Crippen molar-refractivity contribution < 1.29 is 4.42 Å². The lowest BCUT2D eigenvalue weighted by molar-refractivity contribution is 0.293. The van der Waals surface area contributed by atoms with Gasteiger partial charge in [0.1, 0.15) is 11.5 Å². The first kappa shape index (κ1) is 12.3. The van der Waals surface area contributed by atoms with E-state index in [0.717, 1.165) is 31.2 Å². The van der Waals surface area contributed by atoms with Crippen LogP contribution in [0.15, 0.2) is 10.5 Å². The molecule has 0 spiro atoms. The van der Waals surface area contributed by atoms with Gasteiger partial charge in [-0.2, -0.15) is 0 Å². The average Bonchev–Trinajstić information content (AvgIpc) is 2.48. The third-order valence-corrected chi connectivity index (χ3v) is 2.47. The molecule has 0 amide bonds. The summed E-state index contributed by atoms with van der Waals surface area (Å²) < 4.78 is 5.70. The fraction of sp³-hybridized carbons (Fsp3) is 0.667. The maximum atomic E-state index is 5.70. The van der Waals surface area contributed by atoms with Crippen molar-refractivity contribution in [3.63, 3.8) is 0 Å². The largest absolute Gasteiger partial charge is 0.465 e. The Labute approximate surface area is 92.5 Å². The van der Waals surface area contributed by atoms with Gasteiger partial charge in [-0.1, -0.05) is 6.92 Å². The van der Waals surface area contributed by atoms with Crippen molar-refractivity contribution in [1.82, 2.24) is 10.2 Å². The topological polar surface area (TPSA) is 28.4 Å². The molecule has 1 heterocycles. The third-order valence-electron chi connectivity index (χ3n) is 2.47. The second-order valence-electron chi connectivity index (χ2n) is 4.06. The first-order valence-electron chi connectivity index (χ1n) is 5.58. The summed E-state index contributed by atoms with van der Waals surface area (Å²) in [4.78, 5) is 2.28. The Kier molecular flexibility index (Phi) is 4.85. The molecule has 0 saturated heterocycles. The zero-order valence-electron chi connectivity index (χ0n) is 10.3. The van der Waals surface area contributed by atoms with Crippen LogP contribution in [0, 0.1) is 6.92 Å². The molecule has 3 heteroatoms. The Hall–Kier alpha value is -0.800. The fourth-order valence-electron chi connectivity index (χ4n) is 1.76. The van der Waals surface area contributed by atoms with Gasteiger partial charge in [0.15, 0.2) is 0 Å². The van der Waals surface area contributed by atoms with Gasteiger partial charge in [0, 0.05) is 12.1 Å². The zero-order valence-corrected chi connectivity index (χ0v) is 10.3. The smallest absolute Gasteiger partial charge is 0.118 e. The molecule has 0 bridgehead atoms. The lowest BCUT2D eigenvalue weighted by Crippen LogP contribution is -2.17. The maximum Gasteiger partial charge on any atom is 0.118 e. The molecular weight excluding hydrogens is 188 g/mol. The number of hydrogen-bond donors (Lipinski definition) is 1. The van der Waals surface area contributed by atoms with E-state index in [0.29, 0.717) is 0 Å². The molecule has 0 aromatic carbocycles. The van der Waals surface area contributed by atoms with Gasteiger partial charge in [0.25, 0.3) is 0 Å². The molecule has 0 atom stereocenters. The van der Waals surface area contributed by atoms with Crippen molar-refractivity contribution in [2.45, 2.75) is 33.4 Å². The van der Waals surface area contributed by atoms with Crippen molar-refractivity contribution in [2.24, 2.45) is 0 Å². The molecule has 15 heavy (non-hydrogen) atoms. The highest BCUT2D eigenvalue weighted by Crippen LogP contribution is 2.15. The lowest BCUT2D eigenvalue weighted by Gasteiger charge is -2.12. The van der Waals surface area contributed by atoms with Crippen LogP contribution < -0.4 is 5.32 Å². The predicted molar refractivity (Wildman–Crippen MR) is 62.8 cm³/mol. The summed E-state index contributed by atoms with van der Waals surface area (Å²) in [6.45, 7) is 7.11. The van der Waals surface area contributed by atoms with E-state index in [9.17, 15) is 0 Å². The molecule has 0 aliphatic carbocycles. The van der Waals surface area contributed by atoms with E-state index in [4.69, 9.17) is 4.42 Å². The van der Waals surface area contributed by atoms with Crippen molar-refractivity contribution in [3.05, 3.63) is 23.2 Å². The van der Waals surface area contributed by atoms with Crippen molar-refractivity contribution in [2.75, 3.05) is 20.6 Å². The molecule has 86 valence electrons. The standard InChI is InChI=1S/C12H22N2O/c1-5-6-14(4)9-12-7-11(8-13-3)10(2)15-12/h7,13H,5-6,8-9H2,1-4H3. The fourth-order valence-corrected chi connectivity index (χ4v) is 1.76. The summed E-state index contributed by atoms with van der Waals surface area (Å²) in [5, 5.41) is 3.14. The number of nitrogens with zero attached hydrogens (tertiary/aromatic N) is 1. The minimum atomic E-state index is 0.882. The monoisotopic (exact) mass is 210 g/mol. The normalized spacial score (nSPS) is 11.3. The number of furan rings is 1. The zero-order chi connectivity index (χ0) is 11.3. The molecule has 0 fully saturated rings. The Balaban J connectivity index is 2.58. The van der Waals surface area contributed by atoms with E-state index in [2.05, 4.69) is 30.3 Å². The molecule has 0 unspecified atom stereocenters. The van der Waals surface area contributed by atoms with Gasteiger partial charge < -0.3 is 9.73 Å². The van der Waals surface area contributed by atoms with Crippen molar-refractivity contribution in [3.8, 4) is 0 Å². The van der Waals surface area contributed by atoms with E-state index < -0.39 is 0 Å². The molecule has 1 N–H and O–H groups in total. The van der Waals surface area contributed by atoms with Crippen LogP contribution in [0.3, 0.4) is 0 Å². The highest BCUT2D eigenvalue weighted by atomic mass is 16.3. The van der Waals surface area contributed by atoms with Crippen LogP contribution in [-0.4, -0.2) is 25.5 Å². The van der Waals surface area contributed by atoms with Crippen molar-refractivity contribution >= 4 is 0 Å². The SMILES string of the molecule is CCCN(C)Cc1cc(CNC)c(C)o1. The average molecular weight is 210 g/mol. The lowest BCUT2D eigenvalue weighted by atomic mass is 10.2. The van der Waals surface area contributed by atoms with Gasteiger partial charge in [0.05, 0.1) is 6.54 Å². The van der Waals surface area contributed by atoms with Crippen LogP contribution in [0.1, 0.15) is 30.4 Å². The highest BCUT2D eigenvalue weighted by molar-refractivity contribution is 5.20. The van der Waals surface area contributed by atoms with Gasteiger partial charge in [-0.25, -0.2) is 0 Å². The molecular formula is C12H22N2O. The molecule has 0 aliphatic heterocycles. The van der Waals surface area contributed by atoms with Gasteiger partial charge in [-0.05, 0) is 40.1 Å². The third kappa shape index (κ3) is 3.68. The van der Waals surface area contributed by atoms with Gasteiger partial charge >= 0.3 is 0 Å². The number of nitrogens with one attached hydrogen (secondary N) is 1. The van der Waals surface area contributed by atoms with Crippen LogP contribution in [-0.2, 0) is 13.1 Å². The minimum absolute atomic E-state index is 0.882. The molecule has 3 nitrogen and oxygen atoms in total. The van der Waals surface area contributed by atoms with Crippen LogP contribution in [0.2, 0.25) is 0 Å². The quantitative estimate of drug-likeness (QED) is 0.780. The van der Waals surface area contributed by atoms with Crippen LogP contribution in [0.25, 0.3) is 0 Å². The summed E-state index contributed by atoms with van der Waals surface area (Å²) in [5.74, 6) is 2.10. The minimum Gasteiger partial charge on any atom is -0.465 e. The molecule has 1 aromatic heterocycles. The second kappa shape index (κ2) is 5.93. The van der Waals surface area contributed by atoms with Crippen molar-refractivity contribution in [1.29, 1.82) is 0 Å². The van der Waals surface area contributed by atoms with Gasteiger partial charge in [-0.3, -0.25) is 4.90 Å². The van der Waals surface area contributed by atoms with E-state index in [1.165, 1.54) is 12.0 Å². The predicted octanol–water partition coefficient (Wildman–Crippen LogP) is 2.15. The molecule has 1 rings (SSSR count). The van der Waals surface area contributed by atoms with E-state index in [1.54, 1.807) is 0 Å². The van der Waals surface area contributed by atoms with E-state index in [-0.39, 0.29) is 0 Å². The highest BCUT2D eigenvalue weighted by Gasteiger charge is 2.08. The summed E-state index contributed by atoms with van der Waals surface area (Å²) >= 11 is 0. The number of hydrogen-bond acceptors (Lipinski definition) is 3. The first-order valence-corrected chi connectivity index (χ1v) is 5.58. The Bertz CT molecular complexity index is 294. The van der Waals surface area contributed by atoms with E-state index in [1.807, 2.05) is 14.0 Å². The molecule has 0 radical (unpaired) electrons. The number of rotatable bonds is 6. The summed E-state index contributed by atoms with van der Waals surface area (Å²) in [7, 11) is 4.08. The summed E-state index contributed by atoms with van der Waals surface area (Å²) in [6.07, 6.45) is 1.18. The maximum absolute atomic E-state index is 5.70. The van der Waals surface area contributed by atoms with Crippen LogP contribution in [0.5, 0.6) is 0 Å². The Morgan fingerprint density at radius 2 is 2.20 bits per heavy atom. The first-order chi connectivity index (χ1) is 7.17. The van der Waals surface area contributed by atoms with E-state index >= 15 is 0 Å². The van der Waals surface area contributed by atoms with Gasteiger partial charge in [0.2, 0.25) is 0 Å².